The zero-order valence-electron chi connectivity index (χ0n) is 24.2. The fourth-order valence-corrected chi connectivity index (χ4v) is 6.65. The number of hydrogen-bond donors (Lipinski definition) is 0. The first-order valence-electron chi connectivity index (χ1n) is 15.1. The van der Waals surface area contributed by atoms with Crippen LogP contribution in [0.5, 0.6) is 0 Å². The Bertz CT molecular complexity index is 2220. The number of anilines is 3. The molecule has 0 atom stereocenters. The Morgan fingerprint density at radius 2 is 1.19 bits per heavy atom. The van der Waals surface area contributed by atoms with Gasteiger partial charge in [-0.3, -0.25) is 0 Å². The number of rotatable bonds is 5. The summed E-state index contributed by atoms with van der Waals surface area (Å²) in [7, 11) is 0. The highest BCUT2D eigenvalue weighted by Gasteiger charge is 2.16. The van der Waals surface area contributed by atoms with E-state index in [0.717, 1.165) is 29.9 Å². The van der Waals surface area contributed by atoms with Crippen LogP contribution in [0.1, 0.15) is 18.4 Å². The molecule has 7 aromatic rings. The van der Waals surface area contributed by atoms with Crippen molar-refractivity contribution in [1.29, 1.82) is 0 Å². The molecule has 8 rings (SSSR count). The van der Waals surface area contributed by atoms with Gasteiger partial charge in [-0.2, -0.15) is 0 Å². The van der Waals surface area contributed by atoms with E-state index in [-0.39, 0.29) is 0 Å². The molecular formula is C41H32N2. The van der Waals surface area contributed by atoms with Crippen molar-refractivity contribution in [1.82, 2.24) is 4.57 Å². The van der Waals surface area contributed by atoms with Crippen molar-refractivity contribution in [2.75, 3.05) is 4.90 Å². The van der Waals surface area contributed by atoms with Gasteiger partial charge in [-0.15, -0.1) is 0 Å². The van der Waals surface area contributed by atoms with Crippen LogP contribution in [0.15, 0.2) is 140 Å². The highest BCUT2D eigenvalue weighted by atomic mass is 15.1. The SMILES string of the molecule is Cc1cccc2c1c1c(n2-c2ccc(N(c3ccc(-c4ccccc4)cc3)c3ccc4ccccc4c3)cc2)=CCCC=1. The molecule has 0 saturated carbocycles. The lowest BCUT2D eigenvalue weighted by Crippen LogP contribution is -2.30. The van der Waals surface area contributed by atoms with Crippen molar-refractivity contribution in [3.05, 3.63) is 156 Å². The molecule has 0 aliphatic heterocycles. The van der Waals surface area contributed by atoms with Gasteiger partial charge in [0, 0.05) is 38.7 Å². The number of aromatic nitrogens is 1. The lowest BCUT2D eigenvalue weighted by Gasteiger charge is -2.26. The predicted octanol–water partition coefficient (Wildman–Crippen LogP) is 9.58. The van der Waals surface area contributed by atoms with Crippen LogP contribution in [0.2, 0.25) is 0 Å². The van der Waals surface area contributed by atoms with E-state index in [9.17, 15) is 0 Å². The summed E-state index contributed by atoms with van der Waals surface area (Å²) in [6, 6.07) is 50.5. The highest BCUT2D eigenvalue weighted by molar-refractivity contribution is 5.90. The van der Waals surface area contributed by atoms with E-state index in [1.165, 1.54) is 54.6 Å². The number of hydrogen-bond acceptors (Lipinski definition) is 1. The summed E-state index contributed by atoms with van der Waals surface area (Å²) in [5.41, 5.74) is 9.63. The van der Waals surface area contributed by atoms with Gasteiger partial charge in [-0.05, 0) is 102 Å². The average Bonchev–Trinajstić information content (AvgIpc) is 3.41. The third kappa shape index (κ3) is 4.43. The van der Waals surface area contributed by atoms with E-state index in [2.05, 4.69) is 168 Å². The molecule has 1 aliphatic rings. The molecule has 2 heteroatoms. The number of aryl methyl sites for hydroxylation is 1. The molecule has 0 fully saturated rings. The minimum absolute atomic E-state index is 1.08. The maximum atomic E-state index is 2.44. The van der Waals surface area contributed by atoms with Gasteiger partial charge in [0.1, 0.15) is 0 Å². The zero-order valence-corrected chi connectivity index (χ0v) is 24.2. The zero-order chi connectivity index (χ0) is 28.8. The van der Waals surface area contributed by atoms with E-state index >= 15 is 0 Å². The summed E-state index contributed by atoms with van der Waals surface area (Å²) in [4.78, 5) is 2.36. The van der Waals surface area contributed by atoms with Crippen molar-refractivity contribution in [3.8, 4) is 16.8 Å². The molecular weight excluding hydrogens is 520 g/mol. The molecule has 1 heterocycles. The molecule has 0 spiro atoms. The molecule has 0 amide bonds. The molecule has 0 unspecified atom stereocenters. The first kappa shape index (κ1) is 25.4. The largest absolute Gasteiger partial charge is 0.310 e. The lowest BCUT2D eigenvalue weighted by atomic mass is 10.0. The second-order valence-corrected chi connectivity index (χ2v) is 11.4. The second kappa shape index (κ2) is 10.5. The Morgan fingerprint density at radius 3 is 1.98 bits per heavy atom. The average molecular weight is 553 g/mol. The van der Waals surface area contributed by atoms with Crippen molar-refractivity contribution >= 4 is 50.9 Å². The maximum absolute atomic E-state index is 2.44. The minimum atomic E-state index is 1.08. The van der Waals surface area contributed by atoms with Gasteiger partial charge < -0.3 is 9.47 Å². The summed E-state index contributed by atoms with van der Waals surface area (Å²) < 4.78 is 2.44. The Hall–Kier alpha value is -5.34. The standard InChI is InChI=1S/C41H32N2/c1-29-10-9-17-40-41(29)38-15-7-8-16-39(38)43(40)36-26-24-35(25-27-36)42(37-23-20-31-13-5-6-14-33(31)28-37)34-21-18-32(19-22-34)30-11-3-2-4-12-30/h2-6,9-28H,7-8H2,1H3. The van der Waals surface area contributed by atoms with Crippen molar-refractivity contribution in [2.24, 2.45) is 0 Å². The third-order valence-corrected chi connectivity index (χ3v) is 8.72. The fourth-order valence-electron chi connectivity index (χ4n) is 6.65. The summed E-state index contributed by atoms with van der Waals surface area (Å²) in [6.07, 6.45) is 6.99. The first-order chi connectivity index (χ1) is 21.2. The molecule has 0 bridgehead atoms. The quantitative estimate of drug-likeness (QED) is 0.206. The molecule has 0 saturated heterocycles. The van der Waals surface area contributed by atoms with Gasteiger partial charge in [0.2, 0.25) is 0 Å². The maximum Gasteiger partial charge on any atom is 0.0543 e. The molecule has 0 radical (unpaired) electrons. The van der Waals surface area contributed by atoms with Gasteiger partial charge in [-0.1, -0.05) is 97.1 Å². The second-order valence-electron chi connectivity index (χ2n) is 11.4. The topological polar surface area (TPSA) is 8.17 Å². The summed E-state index contributed by atoms with van der Waals surface area (Å²) >= 11 is 0. The van der Waals surface area contributed by atoms with Crippen molar-refractivity contribution in [2.45, 2.75) is 19.8 Å². The molecule has 206 valence electrons. The van der Waals surface area contributed by atoms with Gasteiger partial charge >= 0.3 is 0 Å². The van der Waals surface area contributed by atoms with Gasteiger partial charge in [0.05, 0.1) is 5.52 Å². The number of benzene rings is 6. The van der Waals surface area contributed by atoms with Crippen LogP contribution < -0.4 is 15.5 Å². The number of nitrogens with zero attached hydrogens (tertiary/aromatic N) is 2. The van der Waals surface area contributed by atoms with E-state index in [0.29, 0.717) is 0 Å². The predicted molar refractivity (Wildman–Crippen MR) is 183 cm³/mol. The van der Waals surface area contributed by atoms with Gasteiger partial charge in [-0.25, -0.2) is 0 Å². The summed E-state index contributed by atoms with van der Waals surface area (Å²) in [5.74, 6) is 0. The Balaban J connectivity index is 1.26. The molecule has 43 heavy (non-hydrogen) atoms. The van der Waals surface area contributed by atoms with Crippen LogP contribution in [0.4, 0.5) is 17.1 Å². The highest BCUT2D eigenvalue weighted by Crippen LogP contribution is 2.37. The van der Waals surface area contributed by atoms with Crippen LogP contribution in [0, 0.1) is 6.92 Å². The minimum Gasteiger partial charge on any atom is -0.310 e. The van der Waals surface area contributed by atoms with E-state index in [4.69, 9.17) is 0 Å². The summed E-state index contributed by atoms with van der Waals surface area (Å²) in [5, 5.41) is 6.53. The van der Waals surface area contributed by atoms with E-state index in [1.54, 1.807) is 0 Å². The molecule has 0 N–H and O–H groups in total. The molecule has 1 aliphatic carbocycles. The molecule has 1 aromatic heterocycles. The monoisotopic (exact) mass is 552 g/mol. The normalized spacial score (nSPS) is 12.5. The smallest absolute Gasteiger partial charge is 0.0543 e. The Labute approximate surface area is 252 Å². The van der Waals surface area contributed by atoms with Crippen molar-refractivity contribution < 1.29 is 0 Å². The van der Waals surface area contributed by atoms with Gasteiger partial charge in [0.25, 0.3) is 0 Å². The van der Waals surface area contributed by atoms with E-state index in [1.807, 2.05) is 0 Å². The third-order valence-electron chi connectivity index (χ3n) is 8.72. The van der Waals surface area contributed by atoms with Gasteiger partial charge in [0.15, 0.2) is 0 Å². The first-order valence-corrected chi connectivity index (χ1v) is 15.1. The van der Waals surface area contributed by atoms with E-state index < -0.39 is 0 Å². The summed E-state index contributed by atoms with van der Waals surface area (Å²) in [6.45, 7) is 2.23. The Kier molecular flexibility index (Phi) is 6.19. The van der Waals surface area contributed by atoms with Crippen molar-refractivity contribution in [3.63, 3.8) is 0 Å². The molecule has 2 nitrogen and oxygen atoms in total. The van der Waals surface area contributed by atoms with Crippen LogP contribution in [-0.4, -0.2) is 4.57 Å². The fraction of sp³-hybridized carbons (Fsp3) is 0.0732. The van der Waals surface area contributed by atoms with Crippen LogP contribution in [0.3, 0.4) is 0 Å². The molecule has 6 aromatic carbocycles. The van der Waals surface area contributed by atoms with Crippen LogP contribution in [0.25, 0.3) is 50.6 Å². The number of fused-ring (bicyclic) bond motifs is 4. The Morgan fingerprint density at radius 1 is 0.535 bits per heavy atom. The lowest BCUT2D eigenvalue weighted by molar-refractivity contribution is 1.02. The van der Waals surface area contributed by atoms with Crippen LogP contribution in [-0.2, 0) is 0 Å². The van der Waals surface area contributed by atoms with Crippen LogP contribution >= 0.6 is 0 Å².